The molecule has 7 nitrogen and oxygen atoms in total. The van der Waals surface area contributed by atoms with E-state index in [2.05, 4.69) is 5.32 Å². The van der Waals surface area contributed by atoms with E-state index >= 15 is 0 Å². The van der Waals surface area contributed by atoms with Crippen LogP contribution in [-0.4, -0.2) is 64.5 Å². The van der Waals surface area contributed by atoms with Crippen molar-refractivity contribution in [3.05, 3.63) is 0 Å². The van der Waals surface area contributed by atoms with Gasteiger partial charge in [-0.3, -0.25) is 4.79 Å². The average molecular weight is 299 g/mol. The van der Waals surface area contributed by atoms with Crippen molar-refractivity contribution in [3.8, 4) is 0 Å². The highest BCUT2D eigenvalue weighted by Gasteiger charge is 2.36. The molecule has 7 heteroatoms. The summed E-state index contributed by atoms with van der Waals surface area (Å²) in [6, 6.07) is -0.459. The number of aliphatic carboxylic acids is 1. The molecule has 2 N–H and O–H groups in total. The Morgan fingerprint density at radius 3 is 2.29 bits per heavy atom. The van der Waals surface area contributed by atoms with Crippen LogP contribution in [-0.2, 0) is 9.59 Å². The predicted octanol–water partition coefficient (Wildman–Crippen LogP) is 0.894. The number of amides is 3. The molecule has 0 aromatic carbocycles. The van der Waals surface area contributed by atoms with Gasteiger partial charge in [0.1, 0.15) is 5.54 Å². The van der Waals surface area contributed by atoms with Crippen LogP contribution in [0.2, 0.25) is 0 Å². The van der Waals surface area contributed by atoms with E-state index in [9.17, 15) is 14.4 Å². The van der Waals surface area contributed by atoms with Gasteiger partial charge in [0, 0.05) is 32.6 Å². The van der Waals surface area contributed by atoms with Crippen LogP contribution in [0.5, 0.6) is 0 Å². The van der Waals surface area contributed by atoms with E-state index in [0.29, 0.717) is 0 Å². The molecular formula is C14H25N3O4. The molecule has 1 rings (SSSR count). The molecule has 21 heavy (non-hydrogen) atoms. The summed E-state index contributed by atoms with van der Waals surface area (Å²) in [4.78, 5) is 38.1. The molecule has 0 spiro atoms. The number of hydrogen-bond donors (Lipinski definition) is 2. The molecule has 1 aliphatic rings. The lowest BCUT2D eigenvalue weighted by Crippen LogP contribution is -2.56. The number of nitrogens with one attached hydrogen (secondary N) is 1. The van der Waals surface area contributed by atoms with Crippen LogP contribution < -0.4 is 5.32 Å². The maximum absolute atomic E-state index is 12.1. The Morgan fingerprint density at radius 2 is 1.81 bits per heavy atom. The molecule has 0 aliphatic carbocycles. The molecule has 0 unspecified atom stereocenters. The van der Waals surface area contributed by atoms with Gasteiger partial charge in [-0.15, -0.1) is 0 Å². The number of likely N-dealkylation sites (N-methyl/N-ethyl adjacent to an activating group) is 1. The quantitative estimate of drug-likeness (QED) is 0.762. The van der Waals surface area contributed by atoms with E-state index in [0.717, 1.165) is 25.9 Å². The molecule has 1 fully saturated rings. The summed E-state index contributed by atoms with van der Waals surface area (Å²) in [6.07, 6.45) is 2.32. The molecule has 120 valence electrons. The Labute approximate surface area is 125 Å². The molecule has 0 aromatic heterocycles. The number of urea groups is 1. The molecule has 3 amide bonds. The minimum Gasteiger partial charge on any atom is -0.480 e. The molecule has 0 bridgehead atoms. The zero-order valence-corrected chi connectivity index (χ0v) is 13.0. The molecular weight excluding hydrogens is 274 g/mol. The monoisotopic (exact) mass is 299 g/mol. The summed E-state index contributed by atoms with van der Waals surface area (Å²) in [5, 5.41) is 11.8. The second-order valence-corrected chi connectivity index (χ2v) is 5.68. The lowest BCUT2D eigenvalue weighted by Gasteiger charge is -2.34. The zero-order chi connectivity index (χ0) is 16.0. The van der Waals surface area contributed by atoms with Gasteiger partial charge in [0.2, 0.25) is 5.91 Å². The molecule has 1 heterocycles. The maximum atomic E-state index is 12.1. The summed E-state index contributed by atoms with van der Waals surface area (Å²) in [7, 11) is 0. The maximum Gasteiger partial charge on any atom is 0.329 e. The average Bonchev–Trinajstić information content (AvgIpc) is 2.92. The number of carboxylic acid groups (broad SMARTS) is 1. The topological polar surface area (TPSA) is 90.0 Å². The fourth-order valence-electron chi connectivity index (χ4n) is 2.40. The SMILES string of the molecule is CCN(C(=O)NCCC(=O)N1CCCC1)C(C)(C)C(=O)O. The Bertz CT molecular complexity index is 403. The van der Waals surface area contributed by atoms with Crippen molar-refractivity contribution in [2.75, 3.05) is 26.2 Å². The lowest BCUT2D eigenvalue weighted by atomic mass is 10.0. The molecule has 1 aliphatic heterocycles. The van der Waals surface area contributed by atoms with E-state index < -0.39 is 17.5 Å². The highest BCUT2D eigenvalue weighted by atomic mass is 16.4. The number of carbonyl (C=O) groups is 3. The highest BCUT2D eigenvalue weighted by Crippen LogP contribution is 2.14. The van der Waals surface area contributed by atoms with Gasteiger partial charge in [-0.25, -0.2) is 9.59 Å². The predicted molar refractivity (Wildman–Crippen MR) is 77.9 cm³/mol. The second-order valence-electron chi connectivity index (χ2n) is 5.68. The number of carbonyl (C=O) groups excluding carboxylic acids is 2. The fraction of sp³-hybridized carbons (Fsp3) is 0.786. The zero-order valence-electron chi connectivity index (χ0n) is 13.0. The first-order valence-corrected chi connectivity index (χ1v) is 7.37. The summed E-state index contributed by atoms with van der Waals surface area (Å²) < 4.78 is 0. The van der Waals surface area contributed by atoms with Crippen LogP contribution in [0.3, 0.4) is 0 Å². The number of nitrogens with zero attached hydrogens (tertiary/aromatic N) is 2. The summed E-state index contributed by atoms with van der Waals surface area (Å²) in [6.45, 7) is 6.77. The number of rotatable bonds is 6. The van der Waals surface area contributed by atoms with Gasteiger partial charge in [-0.05, 0) is 33.6 Å². The van der Waals surface area contributed by atoms with Crippen molar-refractivity contribution in [1.29, 1.82) is 0 Å². The summed E-state index contributed by atoms with van der Waals surface area (Å²) in [5.41, 5.74) is -1.28. The third kappa shape index (κ3) is 4.34. The van der Waals surface area contributed by atoms with E-state index in [1.165, 1.54) is 18.7 Å². The third-order valence-corrected chi connectivity index (χ3v) is 3.83. The van der Waals surface area contributed by atoms with Crippen LogP contribution in [0.1, 0.15) is 40.0 Å². The number of hydrogen-bond acceptors (Lipinski definition) is 3. The smallest absolute Gasteiger partial charge is 0.329 e. The van der Waals surface area contributed by atoms with Gasteiger partial charge in [-0.2, -0.15) is 0 Å². The van der Waals surface area contributed by atoms with E-state index in [4.69, 9.17) is 5.11 Å². The number of carboxylic acids is 1. The first-order valence-electron chi connectivity index (χ1n) is 7.37. The largest absolute Gasteiger partial charge is 0.480 e. The van der Waals surface area contributed by atoms with Crippen LogP contribution in [0.25, 0.3) is 0 Å². The second kappa shape index (κ2) is 7.28. The third-order valence-electron chi connectivity index (χ3n) is 3.83. The van der Waals surface area contributed by atoms with Crippen LogP contribution >= 0.6 is 0 Å². The first kappa shape index (κ1) is 17.3. The van der Waals surface area contributed by atoms with Crippen molar-refractivity contribution in [2.24, 2.45) is 0 Å². The summed E-state index contributed by atoms with van der Waals surface area (Å²) >= 11 is 0. The van der Waals surface area contributed by atoms with Crippen LogP contribution in [0, 0.1) is 0 Å². The lowest BCUT2D eigenvalue weighted by molar-refractivity contribution is -0.147. The Hall–Kier alpha value is -1.79. The van der Waals surface area contributed by atoms with Gasteiger partial charge in [0.15, 0.2) is 0 Å². The highest BCUT2D eigenvalue weighted by molar-refractivity contribution is 5.86. The molecule has 0 aromatic rings. The Balaban J connectivity index is 2.44. The van der Waals surface area contributed by atoms with E-state index in [1.807, 2.05) is 0 Å². The minimum absolute atomic E-state index is 0.0355. The summed E-state index contributed by atoms with van der Waals surface area (Å²) in [5.74, 6) is -1.03. The van der Waals surface area contributed by atoms with E-state index in [-0.39, 0.29) is 25.4 Å². The van der Waals surface area contributed by atoms with Crippen molar-refractivity contribution in [1.82, 2.24) is 15.1 Å². The fourth-order valence-corrected chi connectivity index (χ4v) is 2.40. The van der Waals surface area contributed by atoms with Crippen molar-refractivity contribution in [3.63, 3.8) is 0 Å². The van der Waals surface area contributed by atoms with Crippen LogP contribution in [0.15, 0.2) is 0 Å². The van der Waals surface area contributed by atoms with Gasteiger partial charge in [0.05, 0.1) is 0 Å². The van der Waals surface area contributed by atoms with Gasteiger partial charge < -0.3 is 20.2 Å². The van der Waals surface area contributed by atoms with Gasteiger partial charge >= 0.3 is 12.0 Å². The first-order chi connectivity index (χ1) is 9.80. The van der Waals surface area contributed by atoms with Gasteiger partial charge in [-0.1, -0.05) is 0 Å². The molecule has 0 atom stereocenters. The number of likely N-dealkylation sites (tertiary alicyclic amines) is 1. The Kier molecular flexibility index (Phi) is 5.99. The molecule has 1 saturated heterocycles. The Morgan fingerprint density at radius 1 is 1.24 bits per heavy atom. The van der Waals surface area contributed by atoms with Crippen molar-refractivity contribution in [2.45, 2.75) is 45.6 Å². The molecule has 0 radical (unpaired) electrons. The standard InChI is InChI=1S/C14H25N3O4/c1-4-17(14(2,3)12(19)20)13(21)15-8-7-11(18)16-9-5-6-10-16/h4-10H2,1-3H3,(H,15,21)(H,19,20). The molecule has 0 saturated carbocycles. The van der Waals surface area contributed by atoms with Gasteiger partial charge in [0.25, 0.3) is 0 Å². The van der Waals surface area contributed by atoms with Crippen molar-refractivity contribution < 1.29 is 19.5 Å². The normalized spacial score (nSPS) is 14.9. The van der Waals surface area contributed by atoms with Crippen molar-refractivity contribution >= 4 is 17.9 Å². The van der Waals surface area contributed by atoms with E-state index in [1.54, 1.807) is 11.8 Å². The van der Waals surface area contributed by atoms with Crippen LogP contribution in [0.4, 0.5) is 4.79 Å². The minimum atomic E-state index is -1.28.